The molecule has 2 aliphatic heterocycles. The predicted molar refractivity (Wildman–Crippen MR) is 155 cm³/mol. The molecule has 1 fully saturated rings. The molecule has 0 saturated carbocycles. The molecule has 0 atom stereocenters. The second kappa shape index (κ2) is 12.0. The van der Waals surface area contributed by atoms with Gasteiger partial charge in [0.1, 0.15) is 12.3 Å². The molecule has 3 aromatic carbocycles. The van der Waals surface area contributed by atoms with E-state index in [1.807, 2.05) is 43.3 Å². The summed E-state index contributed by atoms with van der Waals surface area (Å²) in [4.78, 5) is 53.6. The number of rotatable bonds is 7. The molecule has 0 aromatic heterocycles. The van der Waals surface area contributed by atoms with Gasteiger partial charge in [-0.2, -0.15) is 0 Å². The first kappa shape index (κ1) is 27.5. The maximum absolute atomic E-state index is 13.0. The van der Waals surface area contributed by atoms with Crippen molar-refractivity contribution in [3.05, 3.63) is 98.9 Å². The van der Waals surface area contributed by atoms with Crippen molar-refractivity contribution in [1.29, 1.82) is 0 Å². The van der Waals surface area contributed by atoms with Crippen LogP contribution in [0.2, 0.25) is 5.02 Å². The van der Waals surface area contributed by atoms with Gasteiger partial charge < -0.3 is 15.0 Å². The van der Waals surface area contributed by atoms with E-state index < -0.39 is 11.1 Å². The fourth-order valence-corrected chi connectivity index (χ4v) is 5.51. The fraction of sp³-hybridized carbons (Fsp3) is 0.200. The summed E-state index contributed by atoms with van der Waals surface area (Å²) in [6, 6.07) is 20.2. The van der Waals surface area contributed by atoms with Crippen LogP contribution in [0.25, 0.3) is 6.08 Å². The Balaban J connectivity index is 1.18. The molecule has 1 N–H and O–H groups in total. The Morgan fingerprint density at radius 2 is 1.80 bits per heavy atom. The van der Waals surface area contributed by atoms with E-state index in [-0.39, 0.29) is 34.9 Å². The van der Waals surface area contributed by atoms with E-state index in [0.717, 1.165) is 34.2 Å². The van der Waals surface area contributed by atoms with E-state index in [2.05, 4.69) is 5.32 Å². The lowest BCUT2D eigenvalue weighted by molar-refractivity contribution is -0.136. The molecule has 5 rings (SSSR count). The van der Waals surface area contributed by atoms with Crippen LogP contribution in [-0.4, -0.2) is 52.5 Å². The SMILES string of the molecule is Cc1ccc(NC(=O)COc2ccc(/C=C3\SC(=O)N(CC(=O)N4CCc5ccccc5C4)C3=O)cc2Cl)cc1. The summed E-state index contributed by atoms with van der Waals surface area (Å²) in [5, 5.41) is 2.50. The molecule has 0 radical (unpaired) electrons. The fourth-order valence-electron chi connectivity index (χ4n) is 4.43. The Morgan fingerprint density at radius 3 is 2.55 bits per heavy atom. The number of benzene rings is 3. The minimum absolute atomic E-state index is 0.198. The molecule has 2 aliphatic rings. The maximum atomic E-state index is 13.0. The van der Waals surface area contributed by atoms with Crippen molar-refractivity contribution in [2.75, 3.05) is 25.0 Å². The van der Waals surface area contributed by atoms with Crippen molar-refractivity contribution in [3.8, 4) is 5.75 Å². The molecule has 4 amide bonds. The molecule has 8 nitrogen and oxygen atoms in total. The van der Waals surface area contributed by atoms with Gasteiger partial charge in [-0.3, -0.25) is 24.1 Å². The first-order valence-electron chi connectivity index (χ1n) is 12.7. The van der Waals surface area contributed by atoms with Crippen LogP contribution in [-0.2, 0) is 27.3 Å². The molecule has 2 heterocycles. The maximum Gasteiger partial charge on any atom is 0.294 e. The number of hydrogen-bond donors (Lipinski definition) is 1. The van der Waals surface area contributed by atoms with Gasteiger partial charge in [0.15, 0.2) is 6.61 Å². The number of hydrogen-bond acceptors (Lipinski definition) is 6. The van der Waals surface area contributed by atoms with Crippen LogP contribution in [0, 0.1) is 6.92 Å². The number of fused-ring (bicyclic) bond motifs is 1. The minimum Gasteiger partial charge on any atom is -0.482 e. The van der Waals surface area contributed by atoms with Crippen molar-refractivity contribution < 1.29 is 23.9 Å². The standard InChI is InChI=1S/C30H26ClN3O5S/c1-19-6-9-23(10-7-19)32-27(35)18-39-25-11-8-20(14-24(25)31)15-26-29(37)34(30(38)40-26)17-28(36)33-13-12-21-4-2-3-5-22(21)16-33/h2-11,14-15H,12-13,16-18H2,1H3,(H,32,35)/b26-15-. The number of anilines is 1. The molecule has 0 spiro atoms. The van der Waals surface area contributed by atoms with Gasteiger partial charge in [0, 0.05) is 18.8 Å². The molecular formula is C30H26ClN3O5S. The molecule has 0 bridgehead atoms. The largest absolute Gasteiger partial charge is 0.482 e. The number of imide groups is 1. The van der Waals surface area contributed by atoms with Crippen LogP contribution in [0.5, 0.6) is 5.75 Å². The van der Waals surface area contributed by atoms with Crippen molar-refractivity contribution in [3.63, 3.8) is 0 Å². The van der Waals surface area contributed by atoms with Gasteiger partial charge in [0.25, 0.3) is 17.1 Å². The zero-order chi connectivity index (χ0) is 28.2. The van der Waals surface area contributed by atoms with E-state index in [4.69, 9.17) is 16.3 Å². The first-order valence-corrected chi connectivity index (χ1v) is 13.8. The summed E-state index contributed by atoms with van der Waals surface area (Å²) >= 11 is 7.14. The highest BCUT2D eigenvalue weighted by atomic mass is 35.5. The van der Waals surface area contributed by atoms with Crippen LogP contribution in [0.15, 0.2) is 71.6 Å². The van der Waals surface area contributed by atoms with E-state index in [1.54, 1.807) is 41.3 Å². The van der Waals surface area contributed by atoms with Gasteiger partial charge in [0.2, 0.25) is 5.91 Å². The number of aryl methyl sites for hydroxylation is 1. The second-order valence-electron chi connectivity index (χ2n) is 9.49. The molecule has 40 heavy (non-hydrogen) atoms. The van der Waals surface area contributed by atoms with Crippen LogP contribution in [0.4, 0.5) is 10.5 Å². The first-order chi connectivity index (χ1) is 19.3. The lowest BCUT2D eigenvalue weighted by Gasteiger charge is -2.29. The summed E-state index contributed by atoms with van der Waals surface area (Å²) in [5.41, 5.74) is 4.61. The van der Waals surface area contributed by atoms with E-state index in [9.17, 15) is 19.2 Å². The highest BCUT2D eigenvalue weighted by Crippen LogP contribution is 2.34. The van der Waals surface area contributed by atoms with Gasteiger partial charge in [0.05, 0.1) is 9.93 Å². The number of halogens is 1. The average molecular weight is 576 g/mol. The molecule has 0 unspecified atom stereocenters. The highest BCUT2D eigenvalue weighted by Gasteiger charge is 2.37. The van der Waals surface area contributed by atoms with Crippen molar-refractivity contribution in [1.82, 2.24) is 9.80 Å². The predicted octanol–water partition coefficient (Wildman–Crippen LogP) is 5.29. The quantitative estimate of drug-likeness (QED) is 0.385. The monoisotopic (exact) mass is 575 g/mol. The molecule has 3 aromatic rings. The Bertz CT molecular complexity index is 1520. The number of ether oxygens (including phenoxy) is 1. The smallest absolute Gasteiger partial charge is 0.294 e. The van der Waals surface area contributed by atoms with Gasteiger partial charge in [-0.15, -0.1) is 0 Å². The zero-order valence-electron chi connectivity index (χ0n) is 21.7. The molecular weight excluding hydrogens is 550 g/mol. The lowest BCUT2D eigenvalue weighted by atomic mass is 10.00. The summed E-state index contributed by atoms with van der Waals surface area (Å²) in [5.74, 6) is -0.820. The normalized spacial score (nSPS) is 15.8. The lowest BCUT2D eigenvalue weighted by Crippen LogP contribution is -2.44. The van der Waals surface area contributed by atoms with E-state index in [0.29, 0.717) is 30.1 Å². The number of carbonyl (C=O) groups excluding carboxylic acids is 4. The third-order valence-corrected chi connectivity index (χ3v) is 7.80. The Kier molecular flexibility index (Phi) is 8.23. The number of carbonyl (C=O) groups is 4. The van der Waals surface area contributed by atoms with Crippen LogP contribution < -0.4 is 10.1 Å². The topological polar surface area (TPSA) is 96.0 Å². The summed E-state index contributed by atoms with van der Waals surface area (Å²) in [6.45, 7) is 2.43. The molecule has 1 saturated heterocycles. The summed E-state index contributed by atoms with van der Waals surface area (Å²) in [6.07, 6.45) is 2.29. The summed E-state index contributed by atoms with van der Waals surface area (Å²) in [7, 11) is 0. The van der Waals surface area contributed by atoms with Crippen LogP contribution in [0.1, 0.15) is 22.3 Å². The molecule has 10 heteroatoms. The average Bonchev–Trinajstić information content (AvgIpc) is 3.20. The van der Waals surface area contributed by atoms with E-state index in [1.165, 1.54) is 5.56 Å². The van der Waals surface area contributed by atoms with Crippen molar-refractivity contribution >= 4 is 58.1 Å². The van der Waals surface area contributed by atoms with Crippen molar-refractivity contribution in [2.45, 2.75) is 19.9 Å². The van der Waals surface area contributed by atoms with Gasteiger partial charge >= 0.3 is 0 Å². The third kappa shape index (κ3) is 6.38. The summed E-state index contributed by atoms with van der Waals surface area (Å²) < 4.78 is 5.56. The third-order valence-electron chi connectivity index (χ3n) is 6.60. The highest BCUT2D eigenvalue weighted by molar-refractivity contribution is 8.18. The number of nitrogens with zero attached hydrogens (tertiary/aromatic N) is 2. The Labute approximate surface area is 240 Å². The second-order valence-corrected chi connectivity index (χ2v) is 10.9. The molecule has 0 aliphatic carbocycles. The Hall–Kier alpha value is -4.08. The van der Waals surface area contributed by atoms with Gasteiger partial charge in [-0.1, -0.05) is 59.6 Å². The van der Waals surface area contributed by atoms with Crippen LogP contribution >= 0.6 is 23.4 Å². The number of amides is 4. The number of nitrogens with one attached hydrogen (secondary N) is 1. The Morgan fingerprint density at radius 1 is 1.05 bits per heavy atom. The molecule has 204 valence electrons. The van der Waals surface area contributed by atoms with E-state index >= 15 is 0 Å². The van der Waals surface area contributed by atoms with Gasteiger partial charge in [-0.05, 0) is 72.1 Å². The van der Waals surface area contributed by atoms with Crippen LogP contribution in [0.3, 0.4) is 0 Å². The minimum atomic E-state index is -0.523. The van der Waals surface area contributed by atoms with Crippen molar-refractivity contribution in [2.24, 2.45) is 0 Å². The number of thioether (sulfide) groups is 1. The van der Waals surface area contributed by atoms with Gasteiger partial charge in [-0.25, -0.2) is 0 Å². The zero-order valence-corrected chi connectivity index (χ0v) is 23.3.